The topological polar surface area (TPSA) is 54.5 Å². The molecule has 0 radical (unpaired) electrons. The third-order valence-corrected chi connectivity index (χ3v) is 3.25. The lowest BCUT2D eigenvalue weighted by Gasteiger charge is -2.14. The van der Waals surface area contributed by atoms with Crippen LogP contribution in [-0.2, 0) is 0 Å². The van der Waals surface area contributed by atoms with Crippen molar-refractivity contribution < 1.29 is 4.39 Å². The van der Waals surface area contributed by atoms with Gasteiger partial charge in [0.1, 0.15) is 11.9 Å². The number of aromatic nitrogens is 3. The van der Waals surface area contributed by atoms with Crippen LogP contribution < -0.4 is 0 Å². The van der Waals surface area contributed by atoms with Crippen LogP contribution in [0.15, 0.2) is 24.3 Å². The van der Waals surface area contributed by atoms with E-state index in [0.717, 1.165) is 24.2 Å². The molecule has 2 aromatic rings. The highest BCUT2D eigenvalue weighted by atomic mass is 19.1. The van der Waals surface area contributed by atoms with Crippen LogP contribution in [0.3, 0.4) is 0 Å². The van der Waals surface area contributed by atoms with Gasteiger partial charge in [-0.15, -0.1) is 5.10 Å². The molecule has 0 bridgehead atoms. The minimum Gasteiger partial charge on any atom is -0.216 e. The van der Waals surface area contributed by atoms with Gasteiger partial charge >= 0.3 is 0 Å². The molecule has 0 N–H and O–H groups in total. The van der Waals surface area contributed by atoms with Gasteiger partial charge in [0, 0.05) is 5.92 Å². The van der Waals surface area contributed by atoms with Crippen LogP contribution in [0.2, 0.25) is 0 Å². The Morgan fingerprint density at radius 3 is 2.42 bits per heavy atom. The Labute approximate surface area is 111 Å². The average Bonchev–Trinajstić information content (AvgIpc) is 2.85. The van der Waals surface area contributed by atoms with Crippen molar-refractivity contribution in [2.45, 2.75) is 32.6 Å². The Morgan fingerprint density at radius 2 is 1.89 bits per heavy atom. The van der Waals surface area contributed by atoms with E-state index in [4.69, 9.17) is 5.26 Å². The van der Waals surface area contributed by atoms with Crippen molar-refractivity contribution in [3.8, 4) is 11.8 Å². The average molecular weight is 258 g/mol. The first-order valence-corrected chi connectivity index (χ1v) is 6.32. The van der Waals surface area contributed by atoms with Crippen LogP contribution in [0, 0.1) is 17.1 Å². The van der Waals surface area contributed by atoms with Crippen LogP contribution in [-0.4, -0.2) is 15.0 Å². The van der Waals surface area contributed by atoms with Gasteiger partial charge in [0.15, 0.2) is 5.69 Å². The van der Waals surface area contributed by atoms with E-state index >= 15 is 0 Å². The predicted molar refractivity (Wildman–Crippen MR) is 69.4 cm³/mol. The largest absolute Gasteiger partial charge is 0.216 e. The van der Waals surface area contributed by atoms with Gasteiger partial charge in [-0.2, -0.15) is 5.26 Å². The maximum Gasteiger partial charge on any atom is 0.186 e. The fourth-order valence-electron chi connectivity index (χ4n) is 2.18. The highest BCUT2D eigenvalue weighted by molar-refractivity contribution is 5.38. The second kappa shape index (κ2) is 5.61. The molecule has 5 heteroatoms. The maximum atomic E-state index is 13.0. The summed E-state index contributed by atoms with van der Waals surface area (Å²) in [6.07, 6.45) is 1.81. The third kappa shape index (κ3) is 2.48. The highest BCUT2D eigenvalue weighted by Gasteiger charge is 2.20. The number of benzene rings is 1. The smallest absolute Gasteiger partial charge is 0.186 e. The van der Waals surface area contributed by atoms with Crippen molar-refractivity contribution in [2.75, 3.05) is 0 Å². The van der Waals surface area contributed by atoms with Crippen LogP contribution in [0.1, 0.15) is 44.0 Å². The van der Waals surface area contributed by atoms with E-state index in [9.17, 15) is 4.39 Å². The normalized spacial score (nSPS) is 10.7. The molecule has 0 amide bonds. The quantitative estimate of drug-likeness (QED) is 0.846. The SMILES string of the molecule is CCC(CC)c1c(C#N)nnn1-c1ccc(F)cc1. The second-order valence-electron chi connectivity index (χ2n) is 4.34. The summed E-state index contributed by atoms with van der Waals surface area (Å²) in [4.78, 5) is 0. The molecule has 1 aromatic carbocycles. The monoisotopic (exact) mass is 258 g/mol. The first-order chi connectivity index (χ1) is 9.21. The zero-order valence-corrected chi connectivity index (χ0v) is 11.0. The summed E-state index contributed by atoms with van der Waals surface area (Å²) in [7, 11) is 0. The zero-order chi connectivity index (χ0) is 13.8. The number of nitriles is 1. The molecular weight excluding hydrogens is 243 g/mol. The van der Waals surface area contributed by atoms with Gasteiger partial charge in [0.25, 0.3) is 0 Å². The van der Waals surface area contributed by atoms with E-state index in [1.54, 1.807) is 16.8 Å². The Kier molecular flexibility index (Phi) is 3.91. The Bertz CT molecular complexity index is 591. The number of rotatable bonds is 4. The van der Waals surface area contributed by atoms with Crippen LogP contribution in [0.4, 0.5) is 4.39 Å². The first-order valence-electron chi connectivity index (χ1n) is 6.32. The van der Waals surface area contributed by atoms with Gasteiger partial charge in [0.05, 0.1) is 11.4 Å². The van der Waals surface area contributed by atoms with E-state index in [2.05, 4.69) is 30.2 Å². The van der Waals surface area contributed by atoms with Crippen molar-refractivity contribution in [2.24, 2.45) is 0 Å². The molecule has 19 heavy (non-hydrogen) atoms. The van der Waals surface area contributed by atoms with Crippen molar-refractivity contribution in [1.82, 2.24) is 15.0 Å². The fraction of sp³-hybridized carbons (Fsp3) is 0.357. The summed E-state index contributed by atoms with van der Waals surface area (Å²) in [5, 5.41) is 17.1. The lowest BCUT2D eigenvalue weighted by molar-refractivity contribution is 0.592. The van der Waals surface area contributed by atoms with Gasteiger partial charge in [-0.05, 0) is 37.1 Å². The molecule has 4 nitrogen and oxygen atoms in total. The highest BCUT2D eigenvalue weighted by Crippen LogP contribution is 2.27. The van der Waals surface area contributed by atoms with Crippen LogP contribution >= 0.6 is 0 Å². The third-order valence-electron chi connectivity index (χ3n) is 3.25. The Hall–Kier alpha value is -2.22. The molecular formula is C14H15FN4. The molecule has 0 fully saturated rings. The zero-order valence-electron chi connectivity index (χ0n) is 11.0. The fourth-order valence-corrected chi connectivity index (χ4v) is 2.18. The van der Waals surface area contributed by atoms with E-state index in [-0.39, 0.29) is 11.7 Å². The number of halogens is 1. The lowest BCUT2D eigenvalue weighted by atomic mass is 9.97. The first kappa shape index (κ1) is 13.2. The van der Waals surface area contributed by atoms with Crippen molar-refractivity contribution in [3.63, 3.8) is 0 Å². The summed E-state index contributed by atoms with van der Waals surface area (Å²) < 4.78 is 14.6. The standard InChI is InChI=1S/C14H15FN4/c1-3-10(4-2)14-13(9-16)17-18-19(14)12-7-5-11(15)6-8-12/h5-8,10H,3-4H2,1-2H3. The summed E-state index contributed by atoms with van der Waals surface area (Å²) in [5.74, 6) is -0.0804. The van der Waals surface area contributed by atoms with Gasteiger partial charge in [-0.25, -0.2) is 9.07 Å². The molecule has 0 aliphatic rings. The molecule has 0 saturated heterocycles. The van der Waals surface area contributed by atoms with Gasteiger partial charge in [0.2, 0.25) is 0 Å². The number of nitrogens with zero attached hydrogens (tertiary/aromatic N) is 4. The molecule has 2 rings (SSSR count). The van der Waals surface area contributed by atoms with Crippen LogP contribution in [0.25, 0.3) is 5.69 Å². The molecule has 1 heterocycles. The maximum absolute atomic E-state index is 13.0. The van der Waals surface area contributed by atoms with Gasteiger partial charge in [-0.1, -0.05) is 19.1 Å². The summed E-state index contributed by atoms with van der Waals surface area (Å²) >= 11 is 0. The van der Waals surface area contributed by atoms with E-state index in [1.807, 2.05) is 0 Å². The molecule has 0 aliphatic heterocycles. The molecule has 0 atom stereocenters. The minimum absolute atomic E-state index is 0.217. The van der Waals surface area contributed by atoms with Crippen LogP contribution in [0.5, 0.6) is 0 Å². The minimum atomic E-state index is -0.298. The van der Waals surface area contributed by atoms with Gasteiger partial charge < -0.3 is 0 Å². The predicted octanol–water partition coefficient (Wildman–Crippen LogP) is 3.18. The Morgan fingerprint density at radius 1 is 1.26 bits per heavy atom. The van der Waals surface area contributed by atoms with Crippen molar-refractivity contribution in [1.29, 1.82) is 5.26 Å². The van der Waals surface area contributed by atoms with Crippen molar-refractivity contribution in [3.05, 3.63) is 41.5 Å². The van der Waals surface area contributed by atoms with E-state index in [1.165, 1.54) is 12.1 Å². The Balaban J connectivity index is 2.55. The van der Waals surface area contributed by atoms with Gasteiger partial charge in [-0.3, -0.25) is 0 Å². The van der Waals surface area contributed by atoms with Crippen molar-refractivity contribution >= 4 is 0 Å². The van der Waals surface area contributed by atoms with E-state index in [0.29, 0.717) is 5.69 Å². The molecule has 0 saturated carbocycles. The number of hydrogen-bond donors (Lipinski definition) is 0. The molecule has 0 unspecified atom stereocenters. The molecule has 1 aromatic heterocycles. The summed E-state index contributed by atoms with van der Waals surface area (Å²) in [5.41, 5.74) is 1.87. The molecule has 0 spiro atoms. The second-order valence-corrected chi connectivity index (χ2v) is 4.34. The van der Waals surface area contributed by atoms with E-state index < -0.39 is 0 Å². The molecule has 98 valence electrons. The number of hydrogen-bond acceptors (Lipinski definition) is 3. The summed E-state index contributed by atoms with van der Waals surface area (Å²) in [6, 6.07) is 8.10. The molecule has 0 aliphatic carbocycles. The summed E-state index contributed by atoms with van der Waals surface area (Å²) in [6.45, 7) is 4.13. The lowest BCUT2D eigenvalue weighted by Crippen LogP contribution is -2.08.